The summed E-state index contributed by atoms with van der Waals surface area (Å²) in [5.41, 5.74) is 17.0. The van der Waals surface area contributed by atoms with Crippen molar-refractivity contribution in [3.8, 4) is 0 Å². The van der Waals surface area contributed by atoms with E-state index in [0.717, 1.165) is 128 Å². The summed E-state index contributed by atoms with van der Waals surface area (Å²) in [7, 11) is -10.9. The molecule has 0 saturated carbocycles. The van der Waals surface area contributed by atoms with Crippen LogP contribution in [-0.2, 0) is 18.0 Å². The van der Waals surface area contributed by atoms with Gasteiger partial charge in [-0.2, -0.15) is 0 Å². The predicted octanol–water partition coefficient (Wildman–Crippen LogP) is 18.3. The highest BCUT2D eigenvalue weighted by Crippen LogP contribution is 2.50. The quantitative estimate of drug-likeness (QED) is 0.0446. The van der Waals surface area contributed by atoms with Gasteiger partial charge < -0.3 is 23.8 Å². The Bertz CT molecular complexity index is 1960. The standard InChI is InChI=1S/C60H100O7P2/c1-49(2)25-14-26-50(3)27-15-28-51(4)29-16-30-52(5)31-17-32-53(6)33-18-34-54(7)35-19-36-55(8)37-20-38-56(9)39-21-40-57(10)41-22-42-58(11)43-23-44-59(12)45-24-46-60(13)47-48-66-69(64,65)67-68(61,62)63/h25,27,29,31,33,35,37,39,41,43,45,47H,14-24,26,28,30,32,34,36,38,40,42,44,46,48H2,1-13H3,(H,64,65)(H2,61,62,63)/p-3/b50-27+,51-29+,52-31+,53-33+,54-35+,55-37+,56-39+,57-41+,58-43+,59-45+,60-47+. The van der Waals surface area contributed by atoms with Crippen molar-refractivity contribution in [1.82, 2.24) is 0 Å². The van der Waals surface area contributed by atoms with E-state index in [2.05, 4.69) is 159 Å². The summed E-state index contributed by atoms with van der Waals surface area (Å²) < 4.78 is 29.7. The van der Waals surface area contributed by atoms with Crippen molar-refractivity contribution < 1.29 is 32.6 Å². The van der Waals surface area contributed by atoms with Gasteiger partial charge in [-0.05, 0) is 231 Å². The van der Waals surface area contributed by atoms with Crippen molar-refractivity contribution in [1.29, 1.82) is 0 Å². The van der Waals surface area contributed by atoms with Gasteiger partial charge in [0.25, 0.3) is 7.82 Å². The summed E-state index contributed by atoms with van der Waals surface area (Å²) in [6, 6.07) is 0. The van der Waals surface area contributed by atoms with Gasteiger partial charge in [-0.15, -0.1) is 0 Å². The first kappa shape index (κ1) is 66.1. The molecule has 0 aromatic rings. The zero-order valence-electron chi connectivity index (χ0n) is 45.9. The lowest BCUT2D eigenvalue weighted by Gasteiger charge is -2.34. The molecule has 7 nitrogen and oxygen atoms in total. The Morgan fingerprint density at radius 2 is 0.478 bits per heavy atom. The molecule has 0 aliphatic rings. The number of hydrogen-bond acceptors (Lipinski definition) is 7. The largest absolute Gasteiger partial charge is 0.790 e. The summed E-state index contributed by atoms with van der Waals surface area (Å²) in [5.74, 6) is 0. The maximum absolute atomic E-state index is 11.3. The van der Waals surface area contributed by atoms with Gasteiger partial charge in [0.15, 0.2) is 0 Å². The van der Waals surface area contributed by atoms with Crippen molar-refractivity contribution in [3.63, 3.8) is 0 Å². The van der Waals surface area contributed by atoms with E-state index in [1.165, 1.54) is 80.2 Å². The number of phosphoric acid groups is 2. The second-order valence-electron chi connectivity index (χ2n) is 20.0. The highest BCUT2D eigenvalue weighted by atomic mass is 31.3. The van der Waals surface area contributed by atoms with Gasteiger partial charge in [-0.1, -0.05) is 140 Å². The lowest BCUT2D eigenvalue weighted by atomic mass is 10.0. The van der Waals surface area contributed by atoms with Crippen LogP contribution in [0.5, 0.6) is 0 Å². The molecular weight excluding hydrogens is 895 g/mol. The number of rotatable bonds is 38. The van der Waals surface area contributed by atoms with Crippen molar-refractivity contribution in [2.75, 3.05) is 6.61 Å². The molecule has 0 aliphatic heterocycles. The first-order valence-corrected chi connectivity index (χ1v) is 28.9. The first-order chi connectivity index (χ1) is 32.5. The third-order valence-electron chi connectivity index (χ3n) is 12.3. The zero-order chi connectivity index (χ0) is 52.1. The average Bonchev–Trinajstić information content (AvgIpc) is 3.22. The monoisotopic (exact) mass is 992 g/mol. The van der Waals surface area contributed by atoms with Crippen molar-refractivity contribution in [2.45, 2.75) is 231 Å². The first-order valence-electron chi connectivity index (χ1n) is 26.0. The van der Waals surface area contributed by atoms with Gasteiger partial charge in [0.2, 0.25) is 0 Å². The third kappa shape index (κ3) is 44.8. The summed E-state index contributed by atoms with van der Waals surface area (Å²) >= 11 is 0. The van der Waals surface area contributed by atoms with Crippen LogP contribution in [0.1, 0.15) is 231 Å². The van der Waals surface area contributed by atoms with E-state index in [1.54, 1.807) is 0 Å². The molecule has 0 rings (SSSR count). The molecule has 0 heterocycles. The number of allylic oxidation sites excluding steroid dienone is 23. The molecule has 0 aromatic carbocycles. The van der Waals surface area contributed by atoms with E-state index in [4.69, 9.17) is 0 Å². The summed E-state index contributed by atoms with van der Waals surface area (Å²) in [6.07, 6.45) is 51.7. The molecule has 0 radical (unpaired) electrons. The summed E-state index contributed by atoms with van der Waals surface area (Å²) in [4.78, 5) is 32.3. The lowest BCUT2D eigenvalue weighted by molar-refractivity contribution is -0.339. The Labute approximate surface area is 424 Å². The van der Waals surface area contributed by atoms with E-state index >= 15 is 0 Å². The van der Waals surface area contributed by atoms with Gasteiger partial charge >= 0.3 is 0 Å². The highest BCUT2D eigenvalue weighted by Gasteiger charge is 2.10. The second kappa shape index (κ2) is 39.7. The van der Waals surface area contributed by atoms with E-state index in [0.29, 0.717) is 6.42 Å². The number of hydrogen-bond donors (Lipinski definition) is 0. The minimum absolute atomic E-state index is 0.392. The molecule has 0 saturated heterocycles. The fourth-order valence-electron chi connectivity index (χ4n) is 7.59. The molecule has 69 heavy (non-hydrogen) atoms. The Morgan fingerprint density at radius 3 is 0.652 bits per heavy atom. The normalized spacial score (nSPS) is 15.9. The zero-order valence-corrected chi connectivity index (χ0v) is 47.7. The molecule has 1 atom stereocenters. The highest BCUT2D eigenvalue weighted by molar-refractivity contribution is 7.58. The van der Waals surface area contributed by atoms with Crippen LogP contribution in [0.15, 0.2) is 140 Å². The van der Waals surface area contributed by atoms with Crippen LogP contribution >= 0.6 is 15.6 Å². The fraction of sp³-hybridized carbons (Fsp3) is 0.600. The third-order valence-corrected chi connectivity index (χ3v) is 14.3. The van der Waals surface area contributed by atoms with Crippen LogP contribution in [0.3, 0.4) is 0 Å². The lowest BCUT2D eigenvalue weighted by Crippen LogP contribution is -2.19. The van der Waals surface area contributed by atoms with Crippen molar-refractivity contribution in [2.24, 2.45) is 0 Å². The molecule has 9 heteroatoms. The van der Waals surface area contributed by atoms with Crippen LogP contribution in [0.2, 0.25) is 0 Å². The molecular formula is C60H97O7P2-3. The van der Waals surface area contributed by atoms with E-state index in [-0.39, 0.29) is 0 Å². The van der Waals surface area contributed by atoms with Gasteiger partial charge in [0.1, 0.15) is 0 Å². The number of phosphoric ester groups is 1. The van der Waals surface area contributed by atoms with Gasteiger partial charge in [0, 0.05) is 0 Å². The van der Waals surface area contributed by atoms with E-state index < -0.39 is 22.3 Å². The second-order valence-corrected chi connectivity index (χ2v) is 22.7. The van der Waals surface area contributed by atoms with E-state index in [9.17, 15) is 23.8 Å². The van der Waals surface area contributed by atoms with Crippen molar-refractivity contribution >= 4 is 15.6 Å². The van der Waals surface area contributed by atoms with Gasteiger partial charge in [-0.25, -0.2) is 0 Å². The maximum Gasteiger partial charge on any atom is 0.272 e. The molecule has 0 amide bonds. The van der Waals surface area contributed by atoms with Crippen LogP contribution < -0.4 is 14.7 Å². The topological polar surface area (TPSA) is 122 Å². The Hall–Kier alpha value is -2.86. The smallest absolute Gasteiger partial charge is 0.272 e. The molecule has 1 unspecified atom stereocenters. The van der Waals surface area contributed by atoms with Gasteiger partial charge in [-0.3, -0.25) is 8.88 Å². The molecule has 0 spiro atoms. The minimum Gasteiger partial charge on any atom is -0.790 e. The predicted molar refractivity (Wildman–Crippen MR) is 295 cm³/mol. The van der Waals surface area contributed by atoms with Crippen molar-refractivity contribution in [3.05, 3.63) is 140 Å². The average molecular weight is 992 g/mol. The van der Waals surface area contributed by atoms with Crippen LogP contribution in [0.25, 0.3) is 0 Å². The Morgan fingerprint density at radius 1 is 0.304 bits per heavy atom. The molecule has 0 aliphatic carbocycles. The molecule has 0 N–H and O–H groups in total. The van der Waals surface area contributed by atoms with Crippen LogP contribution in [-0.4, -0.2) is 6.61 Å². The fourth-order valence-corrected chi connectivity index (χ4v) is 9.02. The molecule has 392 valence electrons. The maximum atomic E-state index is 11.3. The summed E-state index contributed by atoms with van der Waals surface area (Å²) in [6.45, 7) is 28.3. The SMILES string of the molecule is CC(C)=CCC/C(C)=C/CC/C(C)=C/CC/C(C)=C/CC/C(C)=C/CC/C(C)=C/CC/C(C)=C/CC/C(C)=C/CC/C(C)=C/CC/C(C)=C/CC/C(C)=C/CC/C(C)=C/COP(=O)([O-])OP(=O)([O-])[O-]. The van der Waals surface area contributed by atoms with Crippen LogP contribution in [0, 0.1) is 0 Å². The molecule has 0 aromatic heterocycles. The Balaban J connectivity index is 4.32. The van der Waals surface area contributed by atoms with Gasteiger partial charge in [0.05, 0.1) is 14.4 Å². The Kier molecular flexibility index (Phi) is 38.1. The molecule has 0 bridgehead atoms. The van der Waals surface area contributed by atoms with E-state index in [1.807, 2.05) is 6.92 Å². The van der Waals surface area contributed by atoms with Crippen LogP contribution in [0.4, 0.5) is 0 Å². The molecule has 0 fully saturated rings. The minimum atomic E-state index is -5.67. The summed E-state index contributed by atoms with van der Waals surface area (Å²) in [5, 5.41) is 0.